The highest BCUT2D eigenvalue weighted by Gasteiger charge is 2.25. The fourth-order valence-electron chi connectivity index (χ4n) is 1.77. The van der Waals surface area contributed by atoms with Crippen LogP contribution in [0.2, 0.25) is 0 Å². The molecule has 0 atom stereocenters. The van der Waals surface area contributed by atoms with E-state index in [0.717, 1.165) is 11.3 Å². The molecule has 1 aromatic heterocycles. The summed E-state index contributed by atoms with van der Waals surface area (Å²) in [6.07, 6.45) is 2.90. The lowest BCUT2D eigenvalue weighted by Gasteiger charge is -2.21. The maximum Gasteiger partial charge on any atom is 0.243 e. The maximum atomic E-state index is 11.2. The van der Waals surface area contributed by atoms with E-state index < -0.39 is 0 Å². The molecule has 1 aromatic carbocycles. The van der Waals surface area contributed by atoms with E-state index in [1.165, 1.54) is 6.08 Å². The first kappa shape index (κ1) is 14.1. The molecule has 2 rings (SSSR count). The summed E-state index contributed by atoms with van der Waals surface area (Å²) >= 11 is 0. The number of nitrogens with one attached hydrogen (secondary N) is 1. The highest BCUT2D eigenvalue weighted by Crippen LogP contribution is 2.25. The van der Waals surface area contributed by atoms with Crippen LogP contribution in [0.15, 0.2) is 53.7 Å². The topological polar surface area (TPSA) is 55.1 Å². The van der Waals surface area contributed by atoms with Gasteiger partial charge in [0.25, 0.3) is 0 Å². The molecule has 0 bridgehead atoms. The Morgan fingerprint density at radius 3 is 2.75 bits per heavy atom. The highest BCUT2D eigenvalue weighted by atomic mass is 16.3. The first-order chi connectivity index (χ1) is 9.53. The number of hydrogen-bond acceptors (Lipinski definition) is 3. The van der Waals surface area contributed by atoms with Crippen LogP contribution >= 0.6 is 0 Å². The minimum absolute atomic E-state index is 0.190. The number of amides is 1. The Morgan fingerprint density at radius 1 is 1.40 bits per heavy atom. The van der Waals surface area contributed by atoms with Crippen LogP contribution in [0.1, 0.15) is 19.5 Å². The van der Waals surface area contributed by atoms with E-state index >= 15 is 0 Å². The first-order valence-corrected chi connectivity index (χ1v) is 6.44. The zero-order valence-electron chi connectivity index (χ0n) is 11.7. The van der Waals surface area contributed by atoms with Gasteiger partial charge in [0, 0.05) is 17.5 Å². The van der Waals surface area contributed by atoms with Crippen molar-refractivity contribution in [3.05, 3.63) is 54.9 Å². The van der Waals surface area contributed by atoms with Crippen molar-refractivity contribution in [2.75, 3.05) is 6.54 Å². The number of carbonyl (C=O) groups is 1. The van der Waals surface area contributed by atoms with Crippen molar-refractivity contribution in [2.24, 2.45) is 0 Å². The van der Waals surface area contributed by atoms with Gasteiger partial charge in [-0.05, 0) is 18.2 Å². The third-order valence-electron chi connectivity index (χ3n) is 3.11. The van der Waals surface area contributed by atoms with Crippen molar-refractivity contribution in [3.8, 4) is 11.5 Å². The fourth-order valence-corrected chi connectivity index (χ4v) is 1.77. The summed E-state index contributed by atoms with van der Waals surface area (Å²) in [7, 11) is 0. The van der Waals surface area contributed by atoms with Gasteiger partial charge in [-0.25, -0.2) is 4.98 Å². The average molecular weight is 270 g/mol. The molecule has 0 aliphatic carbocycles. The molecular formula is C16H18N2O2. The molecule has 4 nitrogen and oxygen atoms in total. The van der Waals surface area contributed by atoms with Crippen molar-refractivity contribution in [2.45, 2.75) is 19.3 Å². The summed E-state index contributed by atoms with van der Waals surface area (Å²) in [6.45, 7) is 7.91. The molecule has 20 heavy (non-hydrogen) atoms. The molecule has 0 radical (unpaired) electrons. The quantitative estimate of drug-likeness (QED) is 0.850. The van der Waals surface area contributed by atoms with Crippen LogP contribution in [0.3, 0.4) is 0 Å². The Labute approximate surface area is 118 Å². The third kappa shape index (κ3) is 3.15. The van der Waals surface area contributed by atoms with E-state index in [9.17, 15) is 4.79 Å². The zero-order chi connectivity index (χ0) is 14.6. The second-order valence-electron chi connectivity index (χ2n) is 5.21. The van der Waals surface area contributed by atoms with Crippen molar-refractivity contribution >= 4 is 5.91 Å². The predicted octanol–water partition coefficient (Wildman–Crippen LogP) is 2.92. The SMILES string of the molecule is C=CC(=O)NCC(C)(C)c1coc(-c2ccccc2)n1. The number of nitrogens with zero attached hydrogens (tertiary/aromatic N) is 1. The number of aromatic nitrogens is 1. The van der Waals surface area contributed by atoms with E-state index in [2.05, 4.69) is 16.9 Å². The molecule has 1 heterocycles. The number of hydrogen-bond donors (Lipinski definition) is 1. The Balaban J connectivity index is 2.15. The van der Waals surface area contributed by atoms with Gasteiger partial charge in [-0.2, -0.15) is 0 Å². The van der Waals surface area contributed by atoms with Gasteiger partial charge in [-0.15, -0.1) is 0 Å². The van der Waals surface area contributed by atoms with Crippen LogP contribution in [0.5, 0.6) is 0 Å². The van der Waals surface area contributed by atoms with E-state index in [1.807, 2.05) is 44.2 Å². The average Bonchev–Trinajstić information content (AvgIpc) is 2.96. The van der Waals surface area contributed by atoms with Crippen molar-refractivity contribution < 1.29 is 9.21 Å². The number of benzene rings is 1. The van der Waals surface area contributed by atoms with Gasteiger partial charge in [0.1, 0.15) is 6.26 Å². The molecule has 0 spiro atoms. The second kappa shape index (κ2) is 5.74. The molecule has 0 fully saturated rings. The Hall–Kier alpha value is -2.36. The van der Waals surface area contributed by atoms with Gasteiger partial charge >= 0.3 is 0 Å². The van der Waals surface area contributed by atoms with Crippen molar-refractivity contribution in [1.29, 1.82) is 0 Å². The normalized spacial score (nSPS) is 11.1. The summed E-state index contributed by atoms with van der Waals surface area (Å²) < 4.78 is 5.53. The molecular weight excluding hydrogens is 252 g/mol. The van der Waals surface area contributed by atoms with Crippen LogP contribution < -0.4 is 5.32 Å². The van der Waals surface area contributed by atoms with Gasteiger partial charge < -0.3 is 9.73 Å². The van der Waals surface area contributed by atoms with E-state index in [4.69, 9.17) is 4.42 Å². The molecule has 0 unspecified atom stereocenters. The number of oxazole rings is 1. The molecule has 0 saturated heterocycles. The minimum Gasteiger partial charge on any atom is -0.444 e. The second-order valence-corrected chi connectivity index (χ2v) is 5.21. The summed E-state index contributed by atoms with van der Waals surface area (Å²) in [6, 6.07) is 9.72. The zero-order valence-corrected chi connectivity index (χ0v) is 11.7. The molecule has 0 saturated carbocycles. The van der Waals surface area contributed by atoms with E-state index in [-0.39, 0.29) is 11.3 Å². The van der Waals surface area contributed by atoms with Crippen LogP contribution in [0.25, 0.3) is 11.5 Å². The lowest BCUT2D eigenvalue weighted by Crippen LogP contribution is -2.36. The molecule has 0 aliphatic heterocycles. The Bertz CT molecular complexity index is 600. The van der Waals surface area contributed by atoms with Gasteiger partial charge in [0.15, 0.2) is 0 Å². The molecule has 1 N–H and O–H groups in total. The van der Waals surface area contributed by atoms with Crippen molar-refractivity contribution in [1.82, 2.24) is 10.3 Å². The number of rotatable bonds is 5. The highest BCUT2D eigenvalue weighted by molar-refractivity contribution is 5.86. The van der Waals surface area contributed by atoms with E-state index in [0.29, 0.717) is 12.4 Å². The largest absolute Gasteiger partial charge is 0.444 e. The van der Waals surface area contributed by atoms with Gasteiger partial charge in [0.2, 0.25) is 11.8 Å². The Kier molecular flexibility index (Phi) is 4.03. The minimum atomic E-state index is -0.310. The lowest BCUT2D eigenvalue weighted by atomic mass is 9.90. The monoisotopic (exact) mass is 270 g/mol. The first-order valence-electron chi connectivity index (χ1n) is 6.44. The van der Waals surface area contributed by atoms with Gasteiger partial charge in [0.05, 0.1) is 5.69 Å². The van der Waals surface area contributed by atoms with Gasteiger partial charge in [-0.1, -0.05) is 38.6 Å². The van der Waals surface area contributed by atoms with Crippen molar-refractivity contribution in [3.63, 3.8) is 0 Å². The molecule has 104 valence electrons. The smallest absolute Gasteiger partial charge is 0.243 e. The van der Waals surface area contributed by atoms with Gasteiger partial charge in [-0.3, -0.25) is 4.79 Å². The summed E-state index contributed by atoms with van der Waals surface area (Å²) in [5.41, 5.74) is 1.43. The number of carbonyl (C=O) groups excluding carboxylic acids is 1. The predicted molar refractivity (Wildman–Crippen MR) is 78.2 cm³/mol. The maximum absolute atomic E-state index is 11.2. The van der Waals surface area contributed by atoms with Crippen LogP contribution in [0, 0.1) is 0 Å². The van der Waals surface area contributed by atoms with Crippen LogP contribution in [0.4, 0.5) is 0 Å². The summed E-state index contributed by atoms with van der Waals surface area (Å²) in [5, 5.41) is 2.78. The lowest BCUT2D eigenvalue weighted by molar-refractivity contribution is -0.116. The fraction of sp³-hybridized carbons (Fsp3) is 0.250. The third-order valence-corrected chi connectivity index (χ3v) is 3.11. The van der Waals surface area contributed by atoms with Crippen LogP contribution in [-0.4, -0.2) is 17.4 Å². The standard InChI is InChI=1S/C16H18N2O2/c1-4-14(19)17-11-16(2,3)13-10-20-15(18-13)12-8-6-5-7-9-12/h4-10H,1,11H2,2-3H3,(H,17,19). The summed E-state index contributed by atoms with van der Waals surface area (Å²) in [4.78, 5) is 15.8. The van der Waals surface area contributed by atoms with E-state index in [1.54, 1.807) is 6.26 Å². The Morgan fingerprint density at radius 2 is 2.10 bits per heavy atom. The molecule has 0 aliphatic rings. The summed E-state index contributed by atoms with van der Waals surface area (Å²) in [5.74, 6) is 0.397. The van der Waals surface area contributed by atoms with Crippen LogP contribution in [-0.2, 0) is 10.2 Å². The molecule has 4 heteroatoms. The molecule has 2 aromatic rings. The molecule has 1 amide bonds.